The molecule has 2 N–H and O–H groups in total. The molecule has 1 rings (SSSR count). The van der Waals surface area contributed by atoms with E-state index in [2.05, 4.69) is 54.6 Å². The number of hydrogen-bond donors (Lipinski definition) is 1. The molecule has 0 aliphatic heterocycles. The van der Waals surface area contributed by atoms with Crippen LogP contribution in [0.5, 0.6) is 0 Å². The van der Waals surface area contributed by atoms with Crippen LogP contribution in [0.1, 0.15) is 48.0 Å². The third kappa shape index (κ3) is 2.43. The molecule has 0 heterocycles. The zero-order chi connectivity index (χ0) is 13.6. The Balaban J connectivity index is 3.28. The van der Waals surface area contributed by atoms with Gasteiger partial charge in [0.15, 0.2) is 0 Å². The van der Waals surface area contributed by atoms with Gasteiger partial charge in [0, 0.05) is 19.4 Å². The molecule has 0 aromatic heterocycles. The lowest BCUT2D eigenvalue weighted by molar-refractivity contribution is 0.496. The van der Waals surface area contributed by atoms with Gasteiger partial charge in [-0.2, -0.15) is 0 Å². The Hall–Kier alpha value is -0.343. The third-order valence-corrected chi connectivity index (χ3v) is 7.86. The predicted molar refractivity (Wildman–Crippen MR) is 81.2 cm³/mol. The first-order valence-corrected chi connectivity index (χ1v) is 9.58. The molecule has 2 heteroatoms. The lowest BCUT2D eigenvalue weighted by atomic mass is 9.86. The van der Waals surface area contributed by atoms with E-state index < -0.39 is 8.80 Å². The highest BCUT2D eigenvalue weighted by Crippen LogP contribution is 2.56. The molecule has 0 radical (unpaired) electrons. The molecule has 0 aromatic rings. The van der Waals surface area contributed by atoms with E-state index in [-0.39, 0.29) is 5.54 Å². The van der Waals surface area contributed by atoms with E-state index in [9.17, 15) is 0 Å². The van der Waals surface area contributed by atoms with Crippen molar-refractivity contribution in [3.05, 3.63) is 22.3 Å². The van der Waals surface area contributed by atoms with Crippen LogP contribution >= 0.6 is 0 Å². The van der Waals surface area contributed by atoms with Crippen molar-refractivity contribution in [1.82, 2.24) is 0 Å². The van der Waals surface area contributed by atoms with Crippen LogP contribution in [0.3, 0.4) is 0 Å². The summed E-state index contributed by atoms with van der Waals surface area (Å²) in [7, 11) is -0.791. The number of allylic oxidation sites excluding steroid dienone is 3. The van der Waals surface area contributed by atoms with Crippen molar-refractivity contribution in [3.8, 4) is 0 Å². The minimum absolute atomic E-state index is 0.105. The van der Waals surface area contributed by atoms with Crippen molar-refractivity contribution in [3.63, 3.8) is 0 Å². The van der Waals surface area contributed by atoms with E-state index in [1.807, 2.05) is 0 Å². The van der Waals surface area contributed by atoms with Crippen molar-refractivity contribution in [2.75, 3.05) is 0 Å². The minimum atomic E-state index is -0.791. The van der Waals surface area contributed by atoms with Crippen LogP contribution in [0, 0.1) is 0 Å². The van der Waals surface area contributed by atoms with Crippen LogP contribution in [0.15, 0.2) is 22.3 Å². The summed E-state index contributed by atoms with van der Waals surface area (Å²) in [6.07, 6.45) is 1.02. The summed E-state index contributed by atoms with van der Waals surface area (Å²) >= 11 is 0. The van der Waals surface area contributed by atoms with Crippen LogP contribution < -0.4 is 5.73 Å². The van der Waals surface area contributed by atoms with Gasteiger partial charge >= 0.3 is 0 Å². The molecule has 0 bridgehead atoms. The fraction of sp³-hybridized carbons (Fsp3) is 0.733. The summed E-state index contributed by atoms with van der Waals surface area (Å²) in [5.74, 6) is 0. The van der Waals surface area contributed by atoms with Crippen molar-refractivity contribution in [1.29, 1.82) is 0 Å². The zero-order valence-electron chi connectivity index (χ0n) is 12.9. The SMILES string of the molecule is CC1=C(C)C(C)([SiH](C)C)C(CC(C)(C)N)=C1C. The van der Waals surface area contributed by atoms with Gasteiger partial charge in [0.05, 0.1) is 0 Å². The van der Waals surface area contributed by atoms with Gasteiger partial charge in [0.25, 0.3) is 0 Å². The molecule has 1 aliphatic carbocycles. The summed E-state index contributed by atoms with van der Waals surface area (Å²) < 4.78 is 0. The fourth-order valence-corrected chi connectivity index (χ4v) is 5.16. The summed E-state index contributed by atoms with van der Waals surface area (Å²) in [5, 5.41) is 0.338. The van der Waals surface area contributed by atoms with Crippen LogP contribution in [0.25, 0.3) is 0 Å². The Morgan fingerprint density at radius 1 is 1.12 bits per heavy atom. The molecule has 1 unspecified atom stereocenters. The van der Waals surface area contributed by atoms with Crippen LogP contribution in [-0.4, -0.2) is 14.3 Å². The second-order valence-electron chi connectivity index (χ2n) is 6.88. The van der Waals surface area contributed by atoms with Gasteiger partial charge in [-0.1, -0.05) is 31.2 Å². The Bertz CT molecular complexity index is 382. The maximum Gasteiger partial charge on any atom is 0.0471 e. The van der Waals surface area contributed by atoms with Crippen LogP contribution in [-0.2, 0) is 0 Å². The Morgan fingerprint density at radius 3 is 1.94 bits per heavy atom. The average molecular weight is 251 g/mol. The first kappa shape index (κ1) is 14.7. The number of rotatable bonds is 3. The van der Waals surface area contributed by atoms with E-state index in [0.717, 1.165) is 6.42 Å². The zero-order valence-corrected chi connectivity index (χ0v) is 14.0. The Labute approximate surface area is 109 Å². The smallest absolute Gasteiger partial charge is 0.0471 e. The maximum absolute atomic E-state index is 6.25. The number of hydrogen-bond acceptors (Lipinski definition) is 1. The maximum atomic E-state index is 6.25. The topological polar surface area (TPSA) is 26.0 Å². The molecular formula is C15H29NSi. The molecule has 0 amide bonds. The third-order valence-electron chi connectivity index (χ3n) is 4.77. The minimum Gasteiger partial charge on any atom is -0.325 e. The largest absolute Gasteiger partial charge is 0.325 e. The lowest BCUT2D eigenvalue weighted by Crippen LogP contribution is -2.36. The highest BCUT2D eigenvalue weighted by molar-refractivity contribution is 6.61. The van der Waals surface area contributed by atoms with E-state index in [1.165, 1.54) is 11.1 Å². The fourth-order valence-electron chi connectivity index (χ4n) is 3.07. The molecule has 0 aromatic carbocycles. The molecule has 17 heavy (non-hydrogen) atoms. The summed E-state index contributed by atoms with van der Waals surface area (Å²) in [4.78, 5) is 0. The Morgan fingerprint density at radius 2 is 1.59 bits per heavy atom. The second-order valence-corrected chi connectivity index (χ2v) is 10.3. The summed E-state index contributed by atoms with van der Waals surface area (Å²) in [6, 6.07) is 0. The molecular weight excluding hydrogens is 222 g/mol. The average Bonchev–Trinajstić information content (AvgIpc) is 2.32. The van der Waals surface area contributed by atoms with E-state index in [4.69, 9.17) is 5.73 Å². The van der Waals surface area contributed by atoms with Crippen LogP contribution in [0.2, 0.25) is 18.1 Å². The van der Waals surface area contributed by atoms with Gasteiger partial charge in [0.1, 0.15) is 0 Å². The normalized spacial score (nSPS) is 26.5. The van der Waals surface area contributed by atoms with Crippen molar-refractivity contribution in [2.24, 2.45) is 5.73 Å². The molecule has 1 atom stereocenters. The van der Waals surface area contributed by atoms with Crippen molar-refractivity contribution < 1.29 is 0 Å². The molecule has 1 aliphatic rings. The standard InChI is InChI=1S/C15H29NSi/c1-10-11(2)13(9-14(4,5)16)15(6,12(10)3)17(7)8/h17H,9,16H2,1-8H3. The van der Waals surface area contributed by atoms with Gasteiger partial charge in [-0.05, 0) is 52.2 Å². The van der Waals surface area contributed by atoms with Crippen molar-refractivity contribution >= 4 is 8.80 Å². The molecule has 1 nitrogen and oxygen atoms in total. The quantitative estimate of drug-likeness (QED) is 0.753. The molecule has 98 valence electrons. The van der Waals surface area contributed by atoms with E-state index in [0.29, 0.717) is 5.04 Å². The molecule has 0 saturated carbocycles. The van der Waals surface area contributed by atoms with Gasteiger partial charge < -0.3 is 5.73 Å². The van der Waals surface area contributed by atoms with Gasteiger partial charge in [-0.25, -0.2) is 0 Å². The van der Waals surface area contributed by atoms with Gasteiger partial charge in [0.2, 0.25) is 0 Å². The predicted octanol–water partition coefficient (Wildman–Crippen LogP) is 4.03. The van der Waals surface area contributed by atoms with Crippen LogP contribution in [0.4, 0.5) is 0 Å². The lowest BCUT2D eigenvalue weighted by Gasteiger charge is -2.37. The van der Waals surface area contributed by atoms with Gasteiger partial charge in [-0.3, -0.25) is 0 Å². The summed E-state index contributed by atoms with van der Waals surface area (Å²) in [5.41, 5.74) is 12.4. The van der Waals surface area contributed by atoms with Gasteiger partial charge in [-0.15, -0.1) is 0 Å². The van der Waals surface area contributed by atoms with E-state index >= 15 is 0 Å². The highest BCUT2D eigenvalue weighted by atomic mass is 28.3. The molecule has 0 spiro atoms. The molecule has 0 fully saturated rings. The second kappa shape index (κ2) is 4.40. The first-order chi connectivity index (χ1) is 7.51. The Kier molecular flexibility index (Phi) is 3.81. The highest BCUT2D eigenvalue weighted by Gasteiger charge is 2.42. The number of nitrogens with two attached hydrogens (primary N) is 1. The summed E-state index contributed by atoms with van der Waals surface area (Å²) in [6.45, 7) is 18.5. The van der Waals surface area contributed by atoms with E-state index in [1.54, 1.807) is 11.1 Å². The first-order valence-electron chi connectivity index (χ1n) is 6.69. The monoisotopic (exact) mass is 251 g/mol. The van der Waals surface area contributed by atoms with Crippen molar-refractivity contribution in [2.45, 2.75) is 71.6 Å². The molecule has 0 saturated heterocycles.